The van der Waals surface area contributed by atoms with Crippen LogP contribution in [0.4, 0.5) is 8.78 Å². The van der Waals surface area contributed by atoms with Crippen molar-refractivity contribution >= 4 is 33.3 Å². The number of amides is 2. The molecule has 1 aliphatic carbocycles. The highest BCUT2D eigenvalue weighted by Gasteiger charge is 2.42. The zero-order chi connectivity index (χ0) is 25.5. The van der Waals surface area contributed by atoms with Crippen LogP contribution in [0.2, 0.25) is 5.02 Å². The number of nitrogens with zero attached hydrogens (tertiary/aromatic N) is 2. The summed E-state index contributed by atoms with van der Waals surface area (Å²) in [6, 6.07) is 2.95. The molecule has 2 amide bonds. The third-order valence-corrected chi connectivity index (χ3v) is 8.43. The topological polar surface area (TPSA) is 96.4 Å². The van der Waals surface area contributed by atoms with Crippen LogP contribution < -0.4 is 5.32 Å². The largest absolute Gasteiger partial charge is 0.347 e. The maximum absolute atomic E-state index is 14.6. The number of nitrogens with one attached hydrogen (secondary N) is 1. The van der Waals surface area contributed by atoms with Crippen LogP contribution >= 0.6 is 11.6 Å². The van der Waals surface area contributed by atoms with Crippen molar-refractivity contribution in [3.63, 3.8) is 0 Å². The summed E-state index contributed by atoms with van der Waals surface area (Å²) in [4.78, 5) is 31.9. The Morgan fingerprint density at radius 2 is 1.94 bits per heavy atom. The molecule has 1 aliphatic heterocycles. The van der Waals surface area contributed by atoms with E-state index in [-0.39, 0.29) is 38.8 Å². The Bertz CT molecular complexity index is 1270. The molecular weight excluding hydrogens is 500 g/mol. The molecule has 2 aliphatic rings. The minimum Gasteiger partial charge on any atom is -0.347 e. The quantitative estimate of drug-likeness (QED) is 0.553. The van der Waals surface area contributed by atoms with Gasteiger partial charge in [0.25, 0.3) is 5.91 Å². The molecule has 0 bridgehead atoms. The molecule has 188 valence electrons. The number of hydrogen-bond acceptors (Lipinski definition) is 5. The fourth-order valence-corrected chi connectivity index (χ4v) is 5.42. The summed E-state index contributed by atoms with van der Waals surface area (Å²) < 4.78 is 53.1. The summed E-state index contributed by atoms with van der Waals surface area (Å²) in [6.07, 6.45) is 3.15. The van der Waals surface area contributed by atoms with Crippen molar-refractivity contribution in [2.75, 3.05) is 12.3 Å². The van der Waals surface area contributed by atoms with Gasteiger partial charge in [-0.25, -0.2) is 22.2 Å². The highest BCUT2D eigenvalue weighted by Crippen LogP contribution is 2.42. The summed E-state index contributed by atoms with van der Waals surface area (Å²) in [5.41, 5.74) is 0.138. The van der Waals surface area contributed by atoms with Gasteiger partial charge in [0.2, 0.25) is 5.91 Å². The van der Waals surface area contributed by atoms with Gasteiger partial charge in [-0.05, 0) is 55.4 Å². The van der Waals surface area contributed by atoms with Crippen LogP contribution in [0.3, 0.4) is 0 Å². The van der Waals surface area contributed by atoms with E-state index in [0.717, 1.165) is 25.0 Å². The van der Waals surface area contributed by atoms with Crippen molar-refractivity contribution in [3.8, 4) is 0 Å². The molecule has 1 saturated heterocycles. The van der Waals surface area contributed by atoms with E-state index >= 15 is 0 Å². The fourth-order valence-electron chi connectivity index (χ4n) is 4.45. The first-order valence-electron chi connectivity index (χ1n) is 11.5. The highest BCUT2D eigenvalue weighted by atomic mass is 35.5. The minimum absolute atomic E-state index is 0.0134. The van der Waals surface area contributed by atoms with Gasteiger partial charge in [0.15, 0.2) is 14.9 Å². The fraction of sp³-hybridized carbons (Fsp3) is 0.458. The Morgan fingerprint density at radius 3 is 2.60 bits per heavy atom. The second-order valence-electron chi connectivity index (χ2n) is 9.21. The molecular formula is C24H26ClF2N3O4S. The molecule has 11 heteroatoms. The minimum atomic E-state index is -3.61. The Morgan fingerprint density at radius 1 is 1.23 bits per heavy atom. The van der Waals surface area contributed by atoms with Gasteiger partial charge in [-0.2, -0.15) is 0 Å². The normalized spacial score (nSPS) is 21.1. The van der Waals surface area contributed by atoms with E-state index in [1.54, 1.807) is 0 Å². The number of carbonyl (C=O) groups excluding carboxylic acids is 2. The molecule has 2 heterocycles. The molecule has 1 aromatic carbocycles. The second-order valence-corrected chi connectivity index (χ2v) is 11.8. The molecule has 1 N–H and O–H groups in total. The lowest BCUT2D eigenvalue weighted by Gasteiger charge is -2.27. The van der Waals surface area contributed by atoms with Crippen molar-refractivity contribution in [1.82, 2.24) is 15.2 Å². The van der Waals surface area contributed by atoms with E-state index in [2.05, 4.69) is 10.3 Å². The number of likely N-dealkylation sites (tertiary alicyclic amines) is 1. The molecule has 0 spiro atoms. The third-order valence-electron chi connectivity index (χ3n) is 6.52. The number of pyridine rings is 1. The summed E-state index contributed by atoms with van der Waals surface area (Å²) in [7, 11) is -3.61. The zero-order valence-electron chi connectivity index (χ0n) is 19.3. The molecule has 1 saturated carbocycles. The zero-order valence-corrected chi connectivity index (χ0v) is 20.9. The number of aromatic nitrogens is 1. The molecule has 35 heavy (non-hydrogen) atoms. The van der Waals surface area contributed by atoms with Crippen LogP contribution in [-0.2, 0) is 14.6 Å². The smallest absolute Gasteiger partial charge is 0.254 e. The molecule has 2 aromatic rings. The van der Waals surface area contributed by atoms with Gasteiger partial charge in [0, 0.05) is 23.9 Å². The number of benzene rings is 1. The van der Waals surface area contributed by atoms with Crippen LogP contribution in [0, 0.1) is 23.5 Å². The SMILES string of the molecule is CCS(=O)(=O)c1cc(C(=O)N2C[C@H](C)C[C@@H]2C(=O)N[C@@H](c2cc(F)c(Cl)cc2F)C2CC2)ccn1. The second kappa shape index (κ2) is 9.81. The Labute approximate surface area is 207 Å². The summed E-state index contributed by atoms with van der Waals surface area (Å²) in [5.74, 6) is -2.62. The van der Waals surface area contributed by atoms with Gasteiger partial charge in [-0.3, -0.25) is 9.59 Å². The van der Waals surface area contributed by atoms with E-state index in [9.17, 15) is 26.8 Å². The van der Waals surface area contributed by atoms with E-state index in [0.29, 0.717) is 13.0 Å². The van der Waals surface area contributed by atoms with Crippen LogP contribution in [0.1, 0.15) is 55.1 Å². The molecule has 0 unspecified atom stereocenters. The van der Waals surface area contributed by atoms with E-state index < -0.39 is 45.4 Å². The lowest BCUT2D eigenvalue weighted by molar-refractivity contribution is -0.125. The number of halogens is 3. The Hall–Kier alpha value is -2.59. The highest BCUT2D eigenvalue weighted by molar-refractivity contribution is 7.91. The van der Waals surface area contributed by atoms with Crippen molar-refractivity contribution in [1.29, 1.82) is 0 Å². The van der Waals surface area contributed by atoms with E-state index in [1.165, 1.54) is 30.2 Å². The lowest BCUT2D eigenvalue weighted by atomic mass is 10.00. The van der Waals surface area contributed by atoms with Gasteiger partial charge in [-0.1, -0.05) is 25.4 Å². The molecule has 0 radical (unpaired) electrons. The predicted octanol–water partition coefficient (Wildman–Crippen LogP) is 3.92. The number of sulfone groups is 1. The van der Waals surface area contributed by atoms with Gasteiger partial charge in [-0.15, -0.1) is 0 Å². The maximum atomic E-state index is 14.6. The average Bonchev–Trinajstić information content (AvgIpc) is 3.60. The first-order valence-corrected chi connectivity index (χ1v) is 13.5. The van der Waals surface area contributed by atoms with Gasteiger partial charge >= 0.3 is 0 Å². The first kappa shape index (κ1) is 25.5. The monoisotopic (exact) mass is 525 g/mol. The van der Waals surface area contributed by atoms with Crippen molar-refractivity contribution < 1.29 is 26.8 Å². The lowest BCUT2D eigenvalue weighted by Crippen LogP contribution is -2.47. The van der Waals surface area contributed by atoms with Crippen LogP contribution in [0.5, 0.6) is 0 Å². The predicted molar refractivity (Wildman–Crippen MR) is 126 cm³/mol. The standard InChI is InChI=1S/C24H26ClF2N3O4S/c1-3-35(33,34)21-9-15(6-7-28-21)24(32)30-12-13(2)8-20(30)23(31)29-22(14-4-5-14)16-10-19(27)17(25)11-18(16)26/h6-7,9-11,13-14,20,22H,3-5,8,12H2,1-2H3,(H,29,31)/t13-,20-,22-/m1/s1. The van der Waals surface area contributed by atoms with Gasteiger partial charge in [0.1, 0.15) is 17.7 Å². The van der Waals surface area contributed by atoms with Crippen LogP contribution in [0.15, 0.2) is 35.5 Å². The maximum Gasteiger partial charge on any atom is 0.254 e. The number of carbonyl (C=O) groups is 2. The van der Waals surface area contributed by atoms with Crippen LogP contribution in [0.25, 0.3) is 0 Å². The van der Waals surface area contributed by atoms with Crippen molar-refractivity contribution in [2.45, 2.75) is 50.2 Å². The Kier molecular flexibility index (Phi) is 7.15. The summed E-state index contributed by atoms with van der Waals surface area (Å²) >= 11 is 5.68. The summed E-state index contributed by atoms with van der Waals surface area (Å²) in [6.45, 7) is 3.69. The number of rotatable bonds is 7. The van der Waals surface area contributed by atoms with Crippen molar-refractivity contribution in [2.24, 2.45) is 11.8 Å². The number of hydrogen-bond donors (Lipinski definition) is 1. The average molecular weight is 526 g/mol. The first-order chi connectivity index (χ1) is 16.5. The molecule has 1 aromatic heterocycles. The van der Waals surface area contributed by atoms with Crippen molar-refractivity contribution in [3.05, 3.63) is 58.2 Å². The molecule has 3 atom stereocenters. The van der Waals surface area contributed by atoms with E-state index in [1.807, 2.05) is 6.92 Å². The Balaban J connectivity index is 1.58. The summed E-state index contributed by atoms with van der Waals surface area (Å²) in [5, 5.41) is 2.30. The molecule has 2 fully saturated rings. The molecule has 4 rings (SSSR count). The third kappa shape index (κ3) is 5.33. The van der Waals surface area contributed by atoms with Gasteiger partial charge in [0.05, 0.1) is 16.8 Å². The molecule has 7 nitrogen and oxygen atoms in total. The van der Waals surface area contributed by atoms with E-state index in [4.69, 9.17) is 11.6 Å². The van der Waals surface area contributed by atoms with Gasteiger partial charge < -0.3 is 10.2 Å². The van der Waals surface area contributed by atoms with Crippen LogP contribution in [-0.4, -0.2) is 48.5 Å².